The second kappa shape index (κ2) is 4.86. The summed E-state index contributed by atoms with van der Waals surface area (Å²) in [6.45, 7) is 1.75. The Morgan fingerprint density at radius 3 is 3.05 bits per heavy atom. The predicted molar refractivity (Wildman–Crippen MR) is 68.8 cm³/mol. The molecular formula is C14H19NO5. The van der Waals surface area contributed by atoms with Gasteiger partial charge in [-0.05, 0) is 6.42 Å². The number of rotatable bonds is 5. The van der Waals surface area contributed by atoms with E-state index in [1.807, 2.05) is 12.2 Å². The number of carbonyl (C=O) groups excluding carboxylic acids is 2. The van der Waals surface area contributed by atoms with E-state index in [1.165, 1.54) is 7.11 Å². The van der Waals surface area contributed by atoms with Gasteiger partial charge in [0.05, 0.1) is 25.7 Å². The van der Waals surface area contributed by atoms with Crippen molar-refractivity contribution >= 4 is 11.9 Å². The van der Waals surface area contributed by atoms with E-state index in [-0.39, 0.29) is 18.0 Å². The van der Waals surface area contributed by atoms with E-state index >= 15 is 0 Å². The first-order valence-corrected chi connectivity index (χ1v) is 6.86. The van der Waals surface area contributed by atoms with Crippen LogP contribution < -0.4 is 0 Å². The highest BCUT2D eigenvalue weighted by atomic mass is 16.5. The number of amides is 1. The Kier molecular flexibility index (Phi) is 3.30. The van der Waals surface area contributed by atoms with Crippen LogP contribution in [-0.4, -0.2) is 62.4 Å². The summed E-state index contributed by atoms with van der Waals surface area (Å²) in [5.41, 5.74) is -0.631. The molecule has 3 heterocycles. The number of hydrogen-bond acceptors (Lipinski definition) is 5. The van der Waals surface area contributed by atoms with Gasteiger partial charge in [0.15, 0.2) is 0 Å². The standard InChI is InChI=1S/C14H19NO5/c1-18-7-3-6-15-8-14-5-4-9(20-14)10(13(17)19-2)11(14)12(15)16/h4-5,9-11H,3,6-8H2,1-2H3/t9-,10?,11-,14?/m1/s1. The van der Waals surface area contributed by atoms with Crippen molar-refractivity contribution < 1.29 is 23.8 Å². The number of fused-ring (bicyclic) bond motifs is 1. The lowest BCUT2D eigenvalue weighted by Gasteiger charge is -2.22. The first kappa shape index (κ1) is 13.6. The van der Waals surface area contributed by atoms with E-state index in [2.05, 4.69) is 0 Å². The molecule has 6 heteroatoms. The highest BCUT2D eigenvalue weighted by molar-refractivity contribution is 5.91. The highest BCUT2D eigenvalue weighted by Crippen LogP contribution is 2.52. The number of carbonyl (C=O) groups is 2. The Morgan fingerprint density at radius 1 is 1.55 bits per heavy atom. The third-order valence-electron chi connectivity index (χ3n) is 4.43. The maximum Gasteiger partial charge on any atom is 0.312 e. The van der Waals surface area contributed by atoms with Crippen LogP contribution in [0.1, 0.15) is 6.42 Å². The Balaban J connectivity index is 1.79. The first-order valence-electron chi connectivity index (χ1n) is 6.86. The summed E-state index contributed by atoms with van der Waals surface area (Å²) in [6.07, 6.45) is 4.28. The van der Waals surface area contributed by atoms with Gasteiger partial charge in [-0.25, -0.2) is 0 Å². The number of methoxy groups -OCH3 is 2. The van der Waals surface area contributed by atoms with Crippen LogP contribution in [-0.2, 0) is 23.8 Å². The fraction of sp³-hybridized carbons (Fsp3) is 0.714. The fourth-order valence-electron chi connectivity index (χ4n) is 3.57. The van der Waals surface area contributed by atoms with Crippen molar-refractivity contribution in [2.24, 2.45) is 11.8 Å². The fourth-order valence-corrected chi connectivity index (χ4v) is 3.57. The molecule has 0 aromatic heterocycles. The molecule has 20 heavy (non-hydrogen) atoms. The molecule has 3 aliphatic rings. The lowest BCUT2D eigenvalue weighted by atomic mass is 9.77. The lowest BCUT2D eigenvalue weighted by Crippen LogP contribution is -2.39. The van der Waals surface area contributed by atoms with Crippen molar-refractivity contribution in [1.29, 1.82) is 0 Å². The molecular weight excluding hydrogens is 262 g/mol. The molecule has 3 rings (SSSR count). The smallest absolute Gasteiger partial charge is 0.312 e. The minimum atomic E-state index is -0.631. The second-order valence-corrected chi connectivity index (χ2v) is 5.53. The third-order valence-corrected chi connectivity index (χ3v) is 4.43. The molecule has 110 valence electrons. The summed E-state index contributed by atoms with van der Waals surface area (Å²) in [4.78, 5) is 26.3. The van der Waals surface area contributed by atoms with Crippen molar-refractivity contribution in [1.82, 2.24) is 4.90 Å². The van der Waals surface area contributed by atoms with Crippen LogP contribution >= 0.6 is 0 Å². The summed E-state index contributed by atoms with van der Waals surface area (Å²) in [5, 5.41) is 0. The summed E-state index contributed by atoms with van der Waals surface area (Å²) < 4.78 is 15.8. The molecule has 1 spiro atoms. The van der Waals surface area contributed by atoms with Crippen LogP contribution in [0.4, 0.5) is 0 Å². The van der Waals surface area contributed by atoms with Crippen LogP contribution in [0.15, 0.2) is 12.2 Å². The van der Waals surface area contributed by atoms with Crippen LogP contribution in [0.25, 0.3) is 0 Å². The minimum Gasteiger partial charge on any atom is -0.469 e. The molecule has 2 unspecified atom stereocenters. The van der Waals surface area contributed by atoms with Gasteiger partial charge in [-0.1, -0.05) is 12.2 Å². The Hall–Kier alpha value is -1.40. The zero-order valence-corrected chi connectivity index (χ0v) is 11.7. The van der Waals surface area contributed by atoms with Gasteiger partial charge in [0.25, 0.3) is 0 Å². The normalized spacial score (nSPS) is 37.6. The number of nitrogens with zero attached hydrogens (tertiary/aromatic N) is 1. The molecule has 0 radical (unpaired) electrons. The van der Waals surface area contributed by atoms with Gasteiger partial charge >= 0.3 is 5.97 Å². The zero-order chi connectivity index (χ0) is 14.3. The number of hydrogen-bond donors (Lipinski definition) is 0. The molecule has 0 aromatic rings. The molecule has 6 nitrogen and oxygen atoms in total. The maximum absolute atomic E-state index is 12.6. The quantitative estimate of drug-likeness (QED) is 0.402. The largest absolute Gasteiger partial charge is 0.469 e. The van der Waals surface area contributed by atoms with Crippen molar-refractivity contribution in [3.63, 3.8) is 0 Å². The molecule has 0 aromatic carbocycles. The van der Waals surface area contributed by atoms with Gasteiger partial charge in [-0.2, -0.15) is 0 Å². The van der Waals surface area contributed by atoms with Gasteiger partial charge in [0.2, 0.25) is 5.91 Å². The average Bonchev–Trinajstić information content (AvgIpc) is 3.07. The van der Waals surface area contributed by atoms with Crippen molar-refractivity contribution in [2.75, 3.05) is 33.9 Å². The predicted octanol–water partition coefficient (Wildman–Crippen LogP) is -0.0221. The Bertz CT molecular complexity index is 462. The van der Waals surface area contributed by atoms with E-state index in [0.717, 1.165) is 6.42 Å². The van der Waals surface area contributed by atoms with Crippen LogP contribution in [0.3, 0.4) is 0 Å². The van der Waals surface area contributed by atoms with Crippen LogP contribution in [0.2, 0.25) is 0 Å². The van der Waals surface area contributed by atoms with Gasteiger partial charge < -0.3 is 19.1 Å². The molecule has 1 amide bonds. The van der Waals surface area contributed by atoms with Crippen molar-refractivity contribution in [3.05, 3.63) is 12.2 Å². The summed E-state index contributed by atoms with van der Waals surface area (Å²) in [6, 6.07) is 0. The lowest BCUT2D eigenvalue weighted by molar-refractivity contribution is -0.151. The molecule has 4 atom stereocenters. The monoisotopic (exact) mass is 281 g/mol. The zero-order valence-electron chi connectivity index (χ0n) is 11.7. The second-order valence-electron chi connectivity index (χ2n) is 5.53. The molecule has 2 fully saturated rings. The van der Waals surface area contributed by atoms with E-state index in [1.54, 1.807) is 12.0 Å². The maximum atomic E-state index is 12.6. The topological polar surface area (TPSA) is 65.1 Å². The van der Waals surface area contributed by atoms with E-state index in [4.69, 9.17) is 14.2 Å². The average molecular weight is 281 g/mol. The summed E-state index contributed by atoms with van der Waals surface area (Å²) in [5.74, 6) is -1.32. The molecule has 2 saturated heterocycles. The first-order chi connectivity index (χ1) is 9.63. The van der Waals surface area contributed by atoms with Crippen LogP contribution in [0.5, 0.6) is 0 Å². The van der Waals surface area contributed by atoms with Gasteiger partial charge in [0.1, 0.15) is 11.5 Å². The Labute approximate surface area is 117 Å². The van der Waals surface area contributed by atoms with E-state index in [0.29, 0.717) is 19.7 Å². The SMILES string of the molecule is COCCCN1CC23C=C[C@@H](O2)C(C(=O)OC)[C@@H]3C1=O. The molecule has 0 aliphatic carbocycles. The van der Waals surface area contributed by atoms with E-state index in [9.17, 15) is 9.59 Å². The minimum absolute atomic E-state index is 0.0108. The van der Waals surface area contributed by atoms with Gasteiger partial charge in [-0.15, -0.1) is 0 Å². The molecule has 0 saturated carbocycles. The van der Waals surface area contributed by atoms with Crippen molar-refractivity contribution in [2.45, 2.75) is 18.1 Å². The molecule has 0 N–H and O–H groups in total. The number of esters is 1. The number of likely N-dealkylation sites (tertiary alicyclic amines) is 1. The van der Waals surface area contributed by atoms with Crippen molar-refractivity contribution in [3.8, 4) is 0 Å². The molecule has 3 aliphatic heterocycles. The third kappa shape index (κ3) is 1.78. The Morgan fingerprint density at radius 2 is 2.35 bits per heavy atom. The number of ether oxygens (including phenoxy) is 3. The van der Waals surface area contributed by atoms with E-state index < -0.39 is 17.4 Å². The van der Waals surface area contributed by atoms with Gasteiger partial charge in [-0.3, -0.25) is 9.59 Å². The van der Waals surface area contributed by atoms with Gasteiger partial charge in [0, 0.05) is 20.3 Å². The highest BCUT2D eigenvalue weighted by Gasteiger charge is 2.67. The summed E-state index contributed by atoms with van der Waals surface area (Å²) >= 11 is 0. The summed E-state index contributed by atoms with van der Waals surface area (Å²) in [7, 11) is 2.99. The van der Waals surface area contributed by atoms with Crippen LogP contribution in [0, 0.1) is 11.8 Å². The molecule has 2 bridgehead atoms.